The number of anilines is 2. The summed E-state index contributed by atoms with van der Waals surface area (Å²) in [4.78, 5) is 38.2. The van der Waals surface area contributed by atoms with Crippen LogP contribution in [0.5, 0.6) is 0 Å². The summed E-state index contributed by atoms with van der Waals surface area (Å²) in [5.41, 5.74) is 1.84. The van der Waals surface area contributed by atoms with Crippen molar-refractivity contribution in [3.8, 4) is 0 Å². The van der Waals surface area contributed by atoms with Gasteiger partial charge in [0.15, 0.2) is 0 Å². The van der Waals surface area contributed by atoms with E-state index in [1.165, 1.54) is 7.11 Å². The van der Waals surface area contributed by atoms with Gasteiger partial charge in [-0.1, -0.05) is 12.1 Å². The lowest BCUT2D eigenvalue weighted by molar-refractivity contribution is 0.0600. The largest absolute Gasteiger partial charge is 0.465 e. The molecular formula is C20H21N3O4. The Morgan fingerprint density at radius 1 is 0.926 bits per heavy atom. The number of hydrogen-bond donors (Lipinski definition) is 2. The van der Waals surface area contributed by atoms with Crippen LogP contribution in [0.1, 0.15) is 33.6 Å². The van der Waals surface area contributed by atoms with E-state index >= 15 is 0 Å². The number of urea groups is 1. The number of methoxy groups -OCH3 is 1. The molecule has 0 atom stereocenters. The summed E-state index contributed by atoms with van der Waals surface area (Å²) >= 11 is 0. The number of benzene rings is 2. The van der Waals surface area contributed by atoms with Crippen LogP contribution in [0.2, 0.25) is 0 Å². The molecule has 3 rings (SSSR count). The first-order chi connectivity index (χ1) is 13.1. The van der Waals surface area contributed by atoms with Crippen LogP contribution in [-0.4, -0.2) is 43.0 Å². The number of hydrogen-bond acceptors (Lipinski definition) is 4. The highest BCUT2D eigenvalue weighted by Crippen LogP contribution is 2.20. The lowest BCUT2D eigenvalue weighted by atomic mass is 10.1. The summed E-state index contributed by atoms with van der Waals surface area (Å²) in [5.74, 6) is -0.522. The number of para-hydroxylation sites is 1. The smallest absolute Gasteiger partial charge is 0.337 e. The molecule has 140 valence electrons. The van der Waals surface area contributed by atoms with Gasteiger partial charge in [0.25, 0.3) is 5.91 Å². The molecule has 1 saturated heterocycles. The van der Waals surface area contributed by atoms with E-state index in [1.54, 1.807) is 53.4 Å². The van der Waals surface area contributed by atoms with E-state index in [-0.39, 0.29) is 5.91 Å². The van der Waals surface area contributed by atoms with Crippen LogP contribution in [0, 0.1) is 0 Å². The van der Waals surface area contributed by atoms with Crippen molar-refractivity contribution in [3.63, 3.8) is 0 Å². The predicted molar refractivity (Wildman–Crippen MR) is 102 cm³/mol. The van der Waals surface area contributed by atoms with Crippen LogP contribution < -0.4 is 10.6 Å². The maximum Gasteiger partial charge on any atom is 0.337 e. The lowest BCUT2D eigenvalue weighted by Crippen LogP contribution is -2.29. The number of nitrogens with zero attached hydrogens (tertiary/aromatic N) is 1. The van der Waals surface area contributed by atoms with Gasteiger partial charge in [0.05, 0.1) is 23.9 Å². The quantitative estimate of drug-likeness (QED) is 0.811. The molecule has 2 aromatic rings. The first kappa shape index (κ1) is 18.4. The maximum absolute atomic E-state index is 12.6. The Hall–Kier alpha value is -3.35. The second-order valence-corrected chi connectivity index (χ2v) is 6.19. The molecule has 3 amide bonds. The lowest BCUT2D eigenvalue weighted by Gasteiger charge is -2.18. The first-order valence-corrected chi connectivity index (χ1v) is 8.73. The Morgan fingerprint density at radius 2 is 1.59 bits per heavy atom. The fraction of sp³-hybridized carbons (Fsp3) is 0.250. The van der Waals surface area contributed by atoms with Crippen molar-refractivity contribution in [2.75, 3.05) is 30.8 Å². The molecule has 0 bridgehead atoms. The number of rotatable bonds is 4. The third-order valence-corrected chi connectivity index (χ3v) is 4.36. The van der Waals surface area contributed by atoms with Crippen molar-refractivity contribution in [2.24, 2.45) is 0 Å². The molecule has 7 nitrogen and oxygen atoms in total. The zero-order valence-corrected chi connectivity index (χ0v) is 15.0. The van der Waals surface area contributed by atoms with Gasteiger partial charge in [0.1, 0.15) is 0 Å². The van der Waals surface area contributed by atoms with Crippen LogP contribution in [-0.2, 0) is 4.74 Å². The molecule has 0 radical (unpaired) electrons. The molecule has 2 aromatic carbocycles. The van der Waals surface area contributed by atoms with Gasteiger partial charge in [-0.05, 0) is 49.2 Å². The fourth-order valence-electron chi connectivity index (χ4n) is 2.96. The summed E-state index contributed by atoms with van der Waals surface area (Å²) in [6.45, 7) is 1.48. The zero-order chi connectivity index (χ0) is 19.2. The predicted octanol–water partition coefficient (Wildman–Crippen LogP) is 3.35. The number of carbonyl (C=O) groups excluding carboxylic acids is 3. The SMILES string of the molecule is COC(=O)c1ccc(NC(=O)Nc2ccccc2C(=O)N2CCCC2)cc1. The Kier molecular flexibility index (Phi) is 5.71. The van der Waals surface area contributed by atoms with Crippen molar-refractivity contribution in [1.82, 2.24) is 4.90 Å². The van der Waals surface area contributed by atoms with Crippen LogP contribution in [0.3, 0.4) is 0 Å². The normalized spacial score (nSPS) is 13.1. The fourth-order valence-corrected chi connectivity index (χ4v) is 2.96. The van der Waals surface area contributed by atoms with E-state index in [4.69, 9.17) is 0 Å². The Balaban J connectivity index is 1.67. The van der Waals surface area contributed by atoms with Gasteiger partial charge in [-0.2, -0.15) is 0 Å². The third-order valence-electron chi connectivity index (χ3n) is 4.36. The molecule has 1 aliphatic rings. The second kappa shape index (κ2) is 8.35. The van der Waals surface area contributed by atoms with Crippen molar-refractivity contribution in [2.45, 2.75) is 12.8 Å². The zero-order valence-electron chi connectivity index (χ0n) is 15.0. The van der Waals surface area contributed by atoms with E-state index in [9.17, 15) is 14.4 Å². The molecule has 0 saturated carbocycles. The number of esters is 1. The standard InChI is InChI=1S/C20H21N3O4/c1-27-19(25)14-8-10-15(11-9-14)21-20(26)22-17-7-3-2-6-16(17)18(24)23-12-4-5-13-23/h2-3,6-11H,4-5,12-13H2,1H3,(H2,21,22,26). The van der Waals surface area contributed by atoms with Crippen molar-refractivity contribution >= 4 is 29.3 Å². The highest BCUT2D eigenvalue weighted by molar-refractivity contribution is 6.06. The number of likely N-dealkylation sites (tertiary alicyclic amines) is 1. The summed E-state index contributed by atoms with van der Waals surface area (Å²) in [5, 5.41) is 5.41. The van der Waals surface area contributed by atoms with Gasteiger partial charge < -0.3 is 20.3 Å². The summed E-state index contributed by atoms with van der Waals surface area (Å²) < 4.78 is 4.64. The minimum Gasteiger partial charge on any atom is -0.465 e. The first-order valence-electron chi connectivity index (χ1n) is 8.73. The molecule has 7 heteroatoms. The Bertz CT molecular complexity index is 843. The Labute approximate surface area is 157 Å². The average Bonchev–Trinajstić information content (AvgIpc) is 3.22. The van der Waals surface area contributed by atoms with E-state index in [0.717, 1.165) is 25.9 Å². The van der Waals surface area contributed by atoms with Gasteiger partial charge >= 0.3 is 12.0 Å². The van der Waals surface area contributed by atoms with E-state index in [2.05, 4.69) is 15.4 Å². The molecular weight excluding hydrogens is 346 g/mol. The minimum absolute atomic E-state index is 0.0779. The number of amides is 3. The second-order valence-electron chi connectivity index (χ2n) is 6.19. The number of carbonyl (C=O) groups is 3. The average molecular weight is 367 g/mol. The molecule has 0 spiro atoms. The topological polar surface area (TPSA) is 87.7 Å². The monoisotopic (exact) mass is 367 g/mol. The van der Waals surface area contributed by atoms with Crippen molar-refractivity contribution in [3.05, 3.63) is 59.7 Å². The van der Waals surface area contributed by atoms with E-state index in [1.807, 2.05) is 0 Å². The van der Waals surface area contributed by atoms with Crippen LogP contribution in [0.4, 0.5) is 16.2 Å². The molecule has 1 heterocycles. The minimum atomic E-state index is -0.470. The number of nitrogens with one attached hydrogen (secondary N) is 2. The van der Waals surface area contributed by atoms with E-state index < -0.39 is 12.0 Å². The van der Waals surface area contributed by atoms with Crippen molar-refractivity contribution in [1.29, 1.82) is 0 Å². The maximum atomic E-state index is 12.6. The molecule has 0 aromatic heterocycles. The van der Waals surface area contributed by atoms with Crippen LogP contribution >= 0.6 is 0 Å². The molecule has 27 heavy (non-hydrogen) atoms. The molecule has 0 aliphatic carbocycles. The molecule has 1 fully saturated rings. The van der Waals surface area contributed by atoms with Gasteiger partial charge in [0, 0.05) is 18.8 Å². The number of ether oxygens (including phenoxy) is 1. The third kappa shape index (κ3) is 4.44. The van der Waals surface area contributed by atoms with Gasteiger partial charge in [-0.25, -0.2) is 9.59 Å². The molecule has 2 N–H and O–H groups in total. The van der Waals surface area contributed by atoms with Crippen LogP contribution in [0.25, 0.3) is 0 Å². The van der Waals surface area contributed by atoms with Gasteiger partial charge in [-0.15, -0.1) is 0 Å². The molecule has 0 unspecified atom stereocenters. The van der Waals surface area contributed by atoms with Crippen molar-refractivity contribution < 1.29 is 19.1 Å². The highest BCUT2D eigenvalue weighted by atomic mass is 16.5. The van der Waals surface area contributed by atoms with E-state index in [0.29, 0.717) is 22.5 Å². The summed E-state index contributed by atoms with van der Waals surface area (Å²) in [6, 6.07) is 12.8. The van der Waals surface area contributed by atoms with Crippen LogP contribution in [0.15, 0.2) is 48.5 Å². The molecule has 1 aliphatic heterocycles. The summed E-state index contributed by atoms with van der Waals surface area (Å²) in [7, 11) is 1.31. The summed E-state index contributed by atoms with van der Waals surface area (Å²) in [6.07, 6.45) is 2.01. The van der Waals surface area contributed by atoms with Gasteiger partial charge in [-0.3, -0.25) is 4.79 Å². The van der Waals surface area contributed by atoms with Gasteiger partial charge in [0.2, 0.25) is 0 Å². The Morgan fingerprint density at radius 3 is 2.26 bits per heavy atom. The highest BCUT2D eigenvalue weighted by Gasteiger charge is 2.22.